The van der Waals surface area contributed by atoms with Gasteiger partial charge in [0.15, 0.2) is 0 Å². The smallest absolute Gasteiger partial charge is 1.00 e. The van der Waals surface area contributed by atoms with E-state index >= 15 is 0 Å². The molecule has 374 valence electrons. The van der Waals surface area contributed by atoms with Crippen LogP contribution in [-0.2, 0) is 10.1 Å². The van der Waals surface area contributed by atoms with E-state index in [0.29, 0.717) is 5.75 Å². The summed E-state index contributed by atoms with van der Waals surface area (Å²) in [5.74, 6) is 3.38. The maximum atomic E-state index is 8.92. The van der Waals surface area contributed by atoms with Crippen molar-refractivity contribution in [3.63, 3.8) is 0 Å². The maximum absolute atomic E-state index is 8.92. The third-order valence-corrected chi connectivity index (χ3v) is 25.3. The predicted molar refractivity (Wildman–Crippen MR) is 307 cm³/mol. The molecule has 0 saturated carbocycles. The molecular formula is C51H82Br2Cl4Mg2O5Si3. The van der Waals surface area contributed by atoms with Gasteiger partial charge in [0, 0.05) is 24.1 Å². The zero-order valence-electron chi connectivity index (χ0n) is 45.7. The Morgan fingerprint density at radius 1 is 0.567 bits per heavy atom. The second kappa shape index (κ2) is 33.8. The number of phenols is 1. The number of halogens is 6. The molecule has 0 aromatic heterocycles. The molecule has 1 N–H and O–H groups in total. The van der Waals surface area contributed by atoms with Crippen molar-refractivity contribution in [3.8, 4) is 23.0 Å². The van der Waals surface area contributed by atoms with Gasteiger partial charge in [-0.05, 0) is 116 Å². The number of ether oxygens (including phenoxy) is 1. The van der Waals surface area contributed by atoms with Crippen LogP contribution in [-0.4, -0.2) is 92.6 Å². The third kappa shape index (κ3) is 31.4. The van der Waals surface area contributed by atoms with E-state index in [2.05, 4.69) is 162 Å². The van der Waals surface area contributed by atoms with Gasteiger partial charge in [-0.1, -0.05) is 191 Å². The first-order valence-electron chi connectivity index (χ1n) is 21.8. The molecule has 5 rings (SSSR count). The Bertz CT molecular complexity index is 1840. The summed E-state index contributed by atoms with van der Waals surface area (Å²) >= 11 is 22.8. The largest absolute Gasteiger partial charge is 2.00 e. The first kappa shape index (κ1) is 73.7. The number of hydrogen-bond acceptors (Lipinski definition) is 5. The zero-order chi connectivity index (χ0) is 49.8. The van der Waals surface area contributed by atoms with Gasteiger partial charge in [-0.25, -0.2) is 0 Å². The van der Waals surface area contributed by atoms with Crippen LogP contribution in [0, 0.1) is 20.8 Å². The van der Waals surface area contributed by atoms with Crippen LogP contribution >= 0.6 is 62.3 Å². The van der Waals surface area contributed by atoms with E-state index in [1.807, 2.05) is 67.6 Å². The zero-order valence-corrected chi connectivity index (χ0v) is 55.8. The molecule has 0 radical (unpaired) electrons. The van der Waals surface area contributed by atoms with Gasteiger partial charge < -0.3 is 43.0 Å². The van der Waals surface area contributed by atoms with E-state index < -0.39 is 28.2 Å². The van der Waals surface area contributed by atoms with Crippen LogP contribution in [0.1, 0.15) is 100 Å². The van der Waals surface area contributed by atoms with E-state index in [9.17, 15) is 0 Å². The van der Waals surface area contributed by atoms with Crippen molar-refractivity contribution in [1.29, 1.82) is 0 Å². The van der Waals surface area contributed by atoms with E-state index in [0.717, 1.165) is 46.9 Å². The number of alkyl halides is 5. The van der Waals surface area contributed by atoms with Gasteiger partial charge in [0.25, 0.3) is 3.25 Å². The normalized spacial score (nSPS) is 12.4. The minimum atomic E-state index is -1.72. The molecule has 1 fully saturated rings. The summed E-state index contributed by atoms with van der Waals surface area (Å²) in [6, 6.07) is 31.7. The molecule has 1 heterocycles. The Morgan fingerprint density at radius 3 is 1.19 bits per heavy atom. The van der Waals surface area contributed by atoms with Gasteiger partial charge in [-0.3, -0.25) is 0 Å². The average molecular weight is 1210 g/mol. The number of phenolic OH excluding ortho intramolecular Hbond substituents is 1. The average Bonchev–Trinajstić information content (AvgIpc) is 3.75. The molecule has 1 aliphatic heterocycles. The topological polar surface area (TPSA) is 57.2 Å². The summed E-state index contributed by atoms with van der Waals surface area (Å²) < 4.78 is 22.0. The first-order valence-corrected chi connectivity index (χ1v) is 33.2. The van der Waals surface area contributed by atoms with Gasteiger partial charge >= 0.3 is 46.1 Å². The summed E-state index contributed by atoms with van der Waals surface area (Å²) in [4.78, 5) is 0. The number of rotatable bonds is 7. The minimum absolute atomic E-state index is 0. The summed E-state index contributed by atoms with van der Waals surface area (Å²) in [5, 5.41) is 10.5. The Balaban J connectivity index is -0.000000178. The van der Waals surface area contributed by atoms with Crippen LogP contribution in [0.25, 0.3) is 0 Å². The van der Waals surface area contributed by atoms with E-state index in [4.69, 9.17) is 69.5 Å². The van der Waals surface area contributed by atoms with Gasteiger partial charge in [-0.15, -0.1) is 6.07 Å². The van der Waals surface area contributed by atoms with Gasteiger partial charge in [0.2, 0.25) is 25.0 Å². The summed E-state index contributed by atoms with van der Waals surface area (Å²) in [7, 11) is -5.11. The van der Waals surface area contributed by atoms with Crippen LogP contribution in [0.5, 0.6) is 23.0 Å². The van der Waals surface area contributed by atoms with Crippen molar-refractivity contribution < 1.29 is 43.0 Å². The van der Waals surface area contributed by atoms with Crippen LogP contribution in [0.2, 0.25) is 54.4 Å². The molecule has 0 aliphatic carbocycles. The van der Waals surface area contributed by atoms with Crippen LogP contribution in [0.4, 0.5) is 0 Å². The van der Waals surface area contributed by atoms with Crippen molar-refractivity contribution in [1.82, 2.24) is 0 Å². The van der Waals surface area contributed by atoms with Crippen LogP contribution in [0.3, 0.4) is 0 Å². The molecule has 0 unspecified atom stereocenters. The monoisotopic (exact) mass is 1200 g/mol. The Morgan fingerprint density at radius 2 is 0.881 bits per heavy atom. The van der Waals surface area contributed by atoms with Crippen LogP contribution in [0.15, 0.2) is 97.1 Å². The van der Waals surface area contributed by atoms with Crippen LogP contribution < -0.4 is 30.3 Å². The Hall–Kier alpha value is 0.213. The van der Waals surface area contributed by atoms with Gasteiger partial charge in [-0.2, -0.15) is 18.6 Å². The van der Waals surface area contributed by atoms with Gasteiger partial charge in [0.05, 0.1) is 0 Å². The number of benzene rings is 4. The second-order valence-electron chi connectivity index (χ2n) is 20.2. The summed E-state index contributed by atoms with van der Waals surface area (Å²) in [6.07, 6.45) is 2.56. The molecule has 5 nitrogen and oxygen atoms in total. The number of para-hydroxylation sites is 4. The molecule has 0 spiro atoms. The molecular weight excluding hydrogens is 1130 g/mol. The molecule has 0 atom stereocenters. The standard InChI is InChI=1S/C13H21BrOSi.C13H22OSi.C13H21OSi.C7H8O.C4H8O.CCl4.BrH.2Mg.2H/c1-13(2,3)16(4,5)15-12-9-7-6-8-11(12)10-14;2*1-11-9-7-8-10-12(11)14-15(5,6)13(2,3)4;1-6-4-2-3-5-7(6)8;1-2-4-5-3-1;2-1(3,4)5;;;;;/h6-9H,10H2,1-5H3;7-10H,1-6H3;7-10H,1H2,2-6H3;2-5,8H,1H3;1-4H2;;1H;;;;/q;;-1;;;;;2*+2;2*-1/p-1. The SMILES string of the molecule is C1CCOC1.CC(C)(C)[Si](C)(C)Oc1ccccc1CBr.Cc1ccccc1O.Cc1ccccc1O[Si](C)(C)C(C)(C)C.ClC(Cl)(Cl)Cl.[Br-].[CH2-]c1ccccc1O[Si](C)(C)C(C)(C)C.[H-].[H-].[Mg+2].[Mg+2]. The van der Waals surface area contributed by atoms with Crippen molar-refractivity contribution in [2.24, 2.45) is 0 Å². The molecule has 16 heteroatoms. The summed E-state index contributed by atoms with van der Waals surface area (Å²) in [5.41, 5.74) is 4.35. The van der Waals surface area contributed by atoms with Crippen molar-refractivity contribution in [3.05, 3.63) is 126 Å². The fourth-order valence-corrected chi connectivity index (χ4v) is 8.00. The summed E-state index contributed by atoms with van der Waals surface area (Å²) in [6.45, 7) is 43.8. The molecule has 4 aromatic rings. The fourth-order valence-electron chi connectivity index (χ4n) is 4.35. The fraction of sp³-hybridized carbons (Fsp3) is 0.510. The van der Waals surface area contributed by atoms with Gasteiger partial charge in [0.1, 0.15) is 17.2 Å². The first-order chi connectivity index (χ1) is 29.1. The quantitative estimate of drug-likeness (QED) is 0.114. The molecule has 1 saturated heterocycles. The molecule has 0 bridgehead atoms. The Kier molecular flexibility index (Phi) is 37.3. The predicted octanol–water partition coefficient (Wildman–Crippen LogP) is 15.1. The number of aryl methyl sites for hydroxylation is 2. The molecule has 0 amide bonds. The van der Waals surface area contributed by atoms with Crippen molar-refractivity contribution in [2.45, 2.75) is 152 Å². The third-order valence-electron chi connectivity index (χ3n) is 11.6. The van der Waals surface area contributed by atoms with E-state index in [1.165, 1.54) is 24.0 Å². The van der Waals surface area contributed by atoms with E-state index in [-0.39, 0.29) is 81.1 Å². The molecule has 4 aromatic carbocycles. The minimum Gasteiger partial charge on any atom is -1.00 e. The van der Waals surface area contributed by atoms with Crippen molar-refractivity contribution >= 4 is 133 Å². The second-order valence-corrected chi connectivity index (χ2v) is 38.4. The molecule has 1 aliphatic rings. The van der Waals surface area contributed by atoms with E-state index in [1.54, 1.807) is 6.07 Å². The maximum Gasteiger partial charge on any atom is 2.00 e. The Labute approximate surface area is 485 Å². The molecule has 67 heavy (non-hydrogen) atoms. The number of hydrogen-bond donors (Lipinski definition) is 1. The van der Waals surface area contributed by atoms with Crippen molar-refractivity contribution in [2.75, 3.05) is 13.2 Å². The number of aromatic hydroxyl groups is 1.